The molecule has 0 unspecified atom stereocenters. The van der Waals surface area contributed by atoms with Gasteiger partial charge in [0.25, 0.3) is 0 Å². The first-order valence-corrected chi connectivity index (χ1v) is 5.03. The first kappa shape index (κ1) is 8.87. The van der Waals surface area contributed by atoms with Crippen molar-refractivity contribution in [3.63, 3.8) is 0 Å². The monoisotopic (exact) mass is 197 g/mol. The lowest BCUT2D eigenvalue weighted by Crippen LogP contribution is -2.53. The second-order valence-electron chi connectivity index (χ2n) is 3.28. The Hall–Kier alpha value is -0.710. The molecule has 0 radical (unpaired) electrons. The quantitative estimate of drug-likeness (QED) is 0.733. The summed E-state index contributed by atoms with van der Waals surface area (Å²) in [4.78, 5) is 12.7. The minimum absolute atomic E-state index is 0.135. The number of carbonyl (C=O) groups is 1. The number of nitrogens with two attached hydrogens (primary N) is 1. The molecule has 1 aliphatic heterocycles. The van der Waals surface area contributed by atoms with Crippen LogP contribution in [-0.4, -0.2) is 25.5 Å². The lowest BCUT2D eigenvalue weighted by atomic mass is 9.81. The summed E-state index contributed by atoms with van der Waals surface area (Å²) in [5.41, 5.74) is 5.15. The van der Waals surface area contributed by atoms with E-state index in [0.29, 0.717) is 19.8 Å². The molecule has 0 aromatic carbocycles. The minimum Gasteiger partial charge on any atom is -0.379 e. The standard InChI is InChI=1S/C9H11NO2S/c10-4-9(5-12-6-9)8(11)7-2-1-3-13-7/h1-3H,4-6,10H2. The molecule has 0 atom stereocenters. The molecule has 70 valence electrons. The highest BCUT2D eigenvalue weighted by molar-refractivity contribution is 7.12. The lowest BCUT2D eigenvalue weighted by Gasteiger charge is -2.38. The SMILES string of the molecule is NCC1(C(=O)c2cccs2)COC1. The second kappa shape index (κ2) is 3.21. The van der Waals surface area contributed by atoms with Gasteiger partial charge >= 0.3 is 0 Å². The van der Waals surface area contributed by atoms with E-state index in [1.54, 1.807) is 0 Å². The van der Waals surface area contributed by atoms with Crippen molar-refractivity contribution in [2.75, 3.05) is 19.8 Å². The summed E-state index contributed by atoms with van der Waals surface area (Å²) < 4.78 is 5.05. The van der Waals surface area contributed by atoms with Gasteiger partial charge in [0.2, 0.25) is 0 Å². The molecule has 1 aliphatic rings. The van der Waals surface area contributed by atoms with Crippen LogP contribution >= 0.6 is 11.3 Å². The average Bonchev–Trinajstić information content (AvgIpc) is 2.54. The summed E-state index contributed by atoms with van der Waals surface area (Å²) in [6.07, 6.45) is 0. The Bertz CT molecular complexity index is 298. The van der Waals surface area contributed by atoms with E-state index in [1.165, 1.54) is 11.3 Å². The van der Waals surface area contributed by atoms with E-state index in [-0.39, 0.29) is 5.78 Å². The topological polar surface area (TPSA) is 52.3 Å². The van der Waals surface area contributed by atoms with Crippen molar-refractivity contribution >= 4 is 17.1 Å². The van der Waals surface area contributed by atoms with Gasteiger partial charge in [-0.1, -0.05) is 6.07 Å². The molecule has 0 saturated carbocycles. The maximum absolute atomic E-state index is 11.9. The molecule has 2 rings (SSSR count). The molecular formula is C9H11NO2S. The zero-order valence-electron chi connectivity index (χ0n) is 7.16. The summed E-state index contributed by atoms with van der Waals surface area (Å²) in [6, 6.07) is 3.71. The number of rotatable bonds is 3. The zero-order chi connectivity index (χ0) is 9.31. The highest BCUT2D eigenvalue weighted by Crippen LogP contribution is 2.31. The first-order chi connectivity index (χ1) is 6.28. The molecule has 3 nitrogen and oxygen atoms in total. The fourth-order valence-electron chi connectivity index (χ4n) is 1.36. The van der Waals surface area contributed by atoms with Crippen molar-refractivity contribution in [2.24, 2.45) is 11.1 Å². The molecule has 1 aromatic heterocycles. The number of Topliss-reactive ketones (excluding diaryl/α,β-unsaturated/α-hetero) is 1. The van der Waals surface area contributed by atoms with Gasteiger partial charge in [-0.2, -0.15) is 0 Å². The molecule has 13 heavy (non-hydrogen) atoms. The predicted molar refractivity (Wildman–Crippen MR) is 51.0 cm³/mol. The van der Waals surface area contributed by atoms with Crippen LogP contribution in [0, 0.1) is 5.41 Å². The summed E-state index contributed by atoms with van der Waals surface area (Å²) in [5.74, 6) is 0.135. The van der Waals surface area contributed by atoms with E-state index in [0.717, 1.165) is 4.88 Å². The van der Waals surface area contributed by atoms with Crippen molar-refractivity contribution in [2.45, 2.75) is 0 Å². The lowest BCUT2D eigenvalue weighted by molar-refractivity contribution is -0.0814. The third-order valence-corrected chi connectivity index (χ3v) is 3.24. The fraction of sp³-hybridized carbons (Fsp3) is 0.444. The Morgan fingerprint density at radius 2 is 2.46 bits per heavy atom. The maximum Gasteiger partial charge on any atom is 0.184 e. The predicted octanol–water partition coefficient (Wildman–Crippen LogP) is 0.906. The number of ketones is 1. The van der Waals surface area contributed by atoms with Gasteiger partial charge in [0, 0.05) is 6.54 Å². The Balaban J connectivity index is 2.21. The smallest absolute Gasteiger partial charge is 0.184 e. The van der Waals surface area contributed by atoms with E-state index in [2.05, 4.69) is 0 Å². The third-order valence-electron chi connectivity index (χ3n) is 2.37. The molecule has 1 aromatic rings. The van der Waals surface area contributed by atoms with Crippen LogP contribution in [0.25, 0.3) is 0 Å². The van der Waals surface area contributed by atoms with Gasteiger partial charge in [-0.15, -0.1) is 11.3 Å². The van der Waals surface area contributed by atoms with E-state index in [9.17, 15) is 4.79 Å². The van der Waals surface area contributed by atoms with Crippen LogP contribution in [0.1, 0.15) is 9.67 Å². The molecule has 0 amide bonds. The molecule has 4 heteroatoms. The van der Waals surface area contributed by atoms with Gasteiger partial charge in [0.05, 0.1) is 23.5 Å². The minimum atomic E-state index is -0.426. The second-order valence-corrected chi connectivity index (χ2v) is 4.23. The number of hydrogen-bond donors (Lipinski definition) is 1. The molecule has 0 bridgehead atoms. The number of thiophene rings is 1. The van der Waals surface area contributed by atoms with Crippen LogP contribution in [0.2, 0.25) is 0 Å². The van der Waals surface area contributed by atoms with Crippen LogP contribution < -0.4 is 5.73 Å². The summed E-state index contributed by atoms with van der Waals surface area (Å²) >= 11 is 1.46. The van der Waals surface area contributed by atoms with E-state index >= 15 is 0 Å². The largest absolute Gasteiger partial charge is 0.379 e. The molecule has 0 spiro atoms. The van der Waals surface area contributed by atoms with E-state index in [1.807, 2.05) is 17.5 Å². The third kappa shape index (κ3) is 1.31. The van der Waals surface area contributed by atoms with Gasteiger partial charge < -0.3 is 10.5 Å². The van der Waals surface area contributed by atoms with Crippen LogP contribution in [0.15, 0.2) is 17.5 Å². The van der Waals surface area contributed by atoms with E-state index < -0.39 is 5.41 Å². The molecular weight excluding hydrogens is 186 g/mol. The van der Waals surface area contributed by atoms with Gasteiger partial charge in [-0.25, -0.2) is 0 Å². The molecule has 1 fully saturated rings. The molecule has 2 heterocycles. The van der Waals surface area contributed by atoms with Crippen molar-refractivity contribution in [3.8, 4) is 0 Å². The molecule has 0 aliphatic carbocycles. The Kier molecular flexibility index (Phi) is 2.19. The fourth-order valence-corrected chi connectivity index (χ4v) is 2.14. The van der Waals surface area contributed by atoms with Crippen LogP contribution in [-0.2, 0) is 4.74 Å². The average molecular weight is 197 g/mol. The van der Waals surface area contributed by atoms with Gasteiger partial charge in [0.1, 0.15) is 0 Å². The number of ether oxygens (including phenoxy) is 1. The van der Waals surface area contributed by atoms with Crippen molar-refractivity contribution in [3.05, 3.63) is 22.4 Å². The van der Waals surface area contributed by atoms with Crippen molar-refractivity contribution < 1.29 is 9.53 Å². The Morgan fingerprint density at radius 3 is 2.85 bits per heavy atom. The Labute approximate surface area is 80.5 Å². The molecule has 2 N–H and O–H groups in total. The highest BCUT2D eigenvalue weighted by atomic mass is 32.1. The van der Waals surface area contributed by atoms with Crippen LogP contribution in [0.5, 0.6) is 0 Å². The number of carbonyl (C=O) groups excluding carboxylic acids is 1. The zero-order valence-corrected chi connectivity index (χ0v) is 7.97. The van der Waals surface area contributed by atoms with E-state index in [4.69, 9.17) is 10.5 Å². The Morgan fingerprint density at radius 1 is 1.69 bits per heavy atom. The summed E-state index contributed by atoms with van der Waals surface area (Å²) in [5, 5.41) is 1.90. The normalized spacial score (nSPS) is 19.5. The first-order valence-electron chi connectivity index (χ1n) is 4.15. The number of hydrogen-bond acceptors (Lipinski definition) is 4. The highest BCUT2D eigenvalue weighted by Gasteiger charge is 2.45. The molecule has 1 saturated heterocycles. The maximum atomic E-state index is 11.9. The van der Waals surface area contributed by atoms with Gasteiger partial charge in [0.15, 0.2) is 5.78 Å². The summed E-state index contributed by atoms with van der Waals surface area (Å²) in [7, 11) is 0. The van der Waals surface area contributed by atoms with Crippen molar-refractivity contribution in [1.82, 2.24) is 0 Å². The summed E-state index contributed by atoms with van der Waals surface area (Å²) in [6.45, 7) is 1.32. The van der Waals surface area contributed by atoms with Gasteiger partial charge in [-0.05, 0) is 11.4 Å². The van der Waals surface area contributed by atoms with Crippen LogP contribution in [0.4, 0.5) is 0 Å². The van der Waals surface area contributed by atoms with Gasteiger partial charge in [-0.3, -0.25) is 4.79 Å². The van der Waals surface area contributed by atoms with Crippen molar-refractivity contribution in [1.29, 1.82) is 0 Å². The van der Waals surface area contributed by atoms with Crippen LogP contribution in [0.3, 0.4) is 0 Å².